The van der Waals surface area contributed by atoms with Crippen molar-refractivity contribution >= 4 is 23.3 Å². The quantitative estimate of drug-likeness (QED) is 0.712. The molecule has 1 unspecified atom stereocenters. The Morgan fingerprint density at radius 2 is 1.97 bits per heavy atom. The topological polar surface area (TPSA) is 73.7 Å². The summed E-state index contributed by atoms with van der Waals surface area (Å²) in [6.45, 7) is 2.49. The third kappa shape index (κ3) is 3.89. The number of anilines is 1. The van der Waals surface area contributed by atoms with Crippen LogP contribution in [0.1, 0.15) is 36.0 Å². The molecule has 154 valence electrons. The van der Waals surface area contributed by atoms with Crippen LogP contribution in [0.4, 0.5) is 5.69 Å². The van der Waals surface area contributed by atoms with Crippen molar-refractivity contribution in [1.82, 2.24) is 9.78 Å². The summed E-state index contributed by atoms with van der Waals surface area (Å²) in [5.41, 5.74) is 0.775. The number of methoxy groups -OCH3 is 1. The number of piperidine rings is 1. The van der Waals surface area contributed by atoms with Crippen LogP contribution in [-0.4, -0.2) is 48.7 Å². The summed E-state index contributed by atoms with van der Waals surface area (Å²) in [6, 6.07) is 6.67. The summed E-state index contributed by atoms with van der Waals surface area (Å²) >= 11 is 6.46. The zero-order valence-corrected chi connectivity index (χ0v) is 17.1. The van der Waals surface area contributed by atoms with Gasteiger partial charge in [-0.05, 0) is 43.7 Å². The molecule has 2 aliphatic rings. The highest BCUT2D eigenvalue weighted by molar-refractivity contribution is 6.33. The van der Waals surface area contributed by atoms with Crippen molar-refractivity contribution in [3.63, 3.8) is 0 Å². The van der Waals surface area contributed by atoms with Gasteiger partial charge in [0.05, 0.1) is 36.3 Å². The zero-order valence-electron chi connectivity index (χ0n) is 16.3. The lowest BCUT2D eigenvalue weighted by molar-refractivity contribution is 0.0531. The SMILES string of the molecule is COC(=O)c1ccccc1-n1ncc(N2CCC(C3CCCO3)CC2)c(Cl)c1=O. The molecule has 3 heterocycles. The van der Waals surface area contributed by atoms with E-state index < -0.39 is 11.5 Å². The van der Waals surface area contributed by atoms with Gasteiger partial charge in [-0.15, -0.1) is 0 Å². The van der Waals surface area contributed by atoms with Crippen molar-refractivity contribution in [2.24, 2.45) is 5.92 Å². The number of rotatable bonds is 4. The van der Waals surface area contributed by atoms with Crippen molar-refractivity contribution in [3.05, 3.63) is 51.4 Å². The lowest BCUT2D eigenvalue weighted by Gasteiger charge is -2.35. The number of halogens is 1. The Kier molecular flexibility index (Phi) is 5.87. The maximum Gasteiger partial charge on any atom is 0.340 e. The molecule has 0 amide bonds. The Morgan fingerprint density at radius 1 is 1.21 bits per heavy atom. The van der Waals surface area contributed by atoms with Gasteiger partial charge < -0.3 is 14.4 Å². The normalized spacial score (nSPS) is 20.1. The molecular formula is C21H24ClN3O4. The van der Waals surface area contributed by atoms with Gasteiger partial charge in [-0.1, -0.05) is 23.7 Å². The Morgan fingerprint density at radius 3 is 2.66 bits per heavy atom. The van der Waals surface area contributed by atoms with E-state index in [0.29, 0.717) is 23.4 Å². The number of nitrogens with zero attached hydrogens (tertiary/aromatic N) is 3. The van der Waals surface area contributed by atoms with E-state index >= 15 is 0 Å². The minimum Gasteiger partial charge on any atom is -0.465 e. The maximum absolute atomic E-state index is 12.9. The second-order valence-electron chi connectivity index (χ2n) is 7.45. The highest BCUT2D eigenvalue weighted by Crippen LogP contribution is 2.32. The highest BCUT2D eigenvalue weighted by Gasteiger charge is 2.30. The monoisotopic (exact) mass is 417 g/mol. The Balaban J connectivity index is 1.58. The molecule has 1 aromatic carbocycles. The number of hydrogen-bond acceptors (Lipinski definition) is 6. The van der Waals surface area contributed by atoms with E-state index in [1.807, 2.05) is 0 Å². The number of aromatic nitrogens is 2. The van der Waals surface area contributed by atoms with Gasteiger partial charge in [-0.2, -0.15) is 9.78 Å². The largest absolute Gasteiger partial charge is 0.465 e. The number of benzene rings is 1. The minimum absolute atomic E-state index is 0.107. The van der Waals surface area contributed by atoms with Gasteiger partial charge in [-0.25, -0.2) is 4.79 Å². The van der Waals surface area contributed by atoms with Gasteiger partial charge in [0.15, 0.2) is 0 Å². The number of ether oxygens (including phenoxy) is 2. The van der Waals surface area contributed by atoms with Crippen molar-refractivity contribution < 1.29 is 14.3 Å². The van der Waals surface area contributed by atoms with Crippen LogP contribution < -0.4 is 10.5 Å². The molecule has 1 aromatic heterocycles. The summed E-state index contributed by atoms with van der Waals surface area (Å²) < 4.78 is 11.8. The molecule has 0 N–H and O–H groups in total. The first kappa shape index (κ1) is 19.9. The molecule has 2 aromatic rings. The van der Waals surface area contributed by atoms with E-state index in [1.165, 1.54) is 7.11 Å². The van der Waals surface area contributed by atoms with Crippen LogP contribution in [0.2, 0.25) is 5.02 Å². The van der Waals surface area contributed by atoms with Crippen molar-refractivity contribution in [3.8, 4) is 5.69 Å². The molecule has 2 aliphatic heterocycles. The molecule has 0 aliphatic carbocycles. The van der Waals surface area contributed by atoms with Crippen LogP contribution in [-0.2, 0) is 9.47 Å². The van der Waals surface area contributed by atoms with Crippen LogP contribution in [0.15, 0.2) is 35.3 Å². The summed E-state index contributed by atoms with van der Waals surface area (Å²) in [5.74, 6) is 0.0264. The van der Waals surface area contributed by atoms with E-state index in [0.717, 1.165) is 50.1 Å². The molecule has 0 bridgehead atoms. The maximum atomic E-state index is 12.9. The predicted molar refractivity (Wildman–Crippen MR) is 110 cm³/mol. The fraction of sp³-hybridized carbons (Fsp3) is 0.476. The number of carbonyl (C=O) groups is 1. The van der Waals surface area contributed by atoms with Crippen molar-refractivity contribution in [1.29, 1.82) is 0 Å². The first-order valence-electron chi connectivity index (χ1n) is 9.92. The zero-order chi connectivity index (χ0) is 20.4. The fourth-order valence-corrected chi connectivity index (χ4v) is 4.49. The van der Waals surface area contributed by atoms with Gasteiger partial charge in [0.1, 0.15) is 5.02 Å². The van der Waals surface area contributed by atoms with E-state index in [2.05, 4.69) is 10.00 Å². The molecule has 1 atom stereocenters. The van der Waals surface area contributed by atoms with Gasteiger partial charge in [0.2, 0.25) is 0 Å². The summed E-state index contributed by atoms with van der Waals surface area (Å²) in [4.78, 5) is 27.1. The highest BCUT2D eigenvalue weighted by atomic mass is 35.5. The summed E-state index contributed by atoms with van der Waals surface area (Å²) in [7, 11) is 1.30. The van der Waals surface area contributed by atoms with E-state index in [1.54, 1.807) is 30.5 Å². The van der Waals surface area contributed by atoms with Gasteiger partial charge in [-0.3, -0.25) is 4.79 Å². The standard InChI is InChI=1S/C21H24ClN3O4/c1-28-21(27)15-5-2-3-6-16(15)25-20(26)19(22)17(13-23-25)24-10-8-14(9-11-24)18-7-4-12-29-18/h2-3,5-6,13-14,18H,4,7-12H2,1H3. The van der Waals surface area contributed by atoms with E-state index in [9.17, 15) is 9.59 Å². The van der Waals surface area contributed by atoms with Crippen LogP contribution in [0.3, 0.4) is 0 Å². The lowest BCUT2D eigenvalue weighted by atomic mass is 9.89. The predicted octanol–water partition coefficient (Wildman–Crippen LogP) is 3.07. The minimum atomic E-state index is -0.536. The third-order valence-electron chi connectivity index (χ3n) is 5.81. The Labute approximate surface area is 174 Å². The smallest absolute Gasteiger partial charge is 0.340 e. The molecule has 0 spiro atoms. The second kappa shape index (κ2) is 8.55. The molecule has 29 heavy (non-hydrogen) atoms. The van der Waals surface area contributed by atoms with Crippen LogP contribution in [0.5, 0.6) is 0 Å². The van der Waals surface area contributed by atoms with Gasteiger partial charge in [0, 0.05) is 19.7 Å². The Bertz CT molecular complexity index is 947. The number of para-hydroxylation sites is 1. The number of carbonyl (C=O) groups excluding carboxylic acids is 1. The van der Waals surface area contributed by atoms with Crippen LogP contribution in [0, 0.1) is 5.92 Å². The average molecular weight is 418 g/mol. The van der Waals surface area contributed by atoms with Gasteiger partial charge >= 0.3 is 5.97 Å². The Hall–Kier alpha value is -2.38. The van der Waals surface area contributed by atoms with E-state index in [4.69, 9.17) is 21.1 Å². The molecule has 0 saturated carbocycles. The molecule has 2 saturated heterocycles. The van der Waals surface area contributed by atoms with Crippen LogP contribution in [0.25, 0.3) is 5.69 Å². The molecule has 7 nitrogen and oxygen atoms in total. The first-order chi connectivity index (χ1) is 14.1. The van der Waals surface area contributed by atoms with Crippen molar-refractivity contribution in [2.75, 3.05) is 31.7 Å². The van der Waals surface area contributed by atoms with Crippen LogP contribution >= 0.6 is 11.6 Å². The molecule has 8 heteroatoms. The molecule has 0 radical (unpaired) electrons. The third-order valence-corrected chi connectivity index (χ3v) is 6.16. The second-order valence-corrected chi connectivity index (χ2v) is 7.82. The van der Waals surface area contributed by atoms with Crippen molar-refractivity contribution in [2.45, 2.75) is 31.8 Å². The average Bonchev–Trinajstić information content (AvgIpc) is 3.30. The van der Waals surface area contributed by atoms with E-state index in [-0.39, 0.29) is 10.6 Å². The molecular weight excluding hydrogens is 394 g/mol. The number of esters is 1. The first-order valence-corrected chi connectivity index (χ1v) is 10.3. The number of hydrogen-bond donors (Lipinski definition) is 0. The molecule has 2 fully saturated rings. The molecule has 4 rings (SSSR count). The van der Waals surface area contributed by atoms with Gasteiger partial charge in [0.25, 0.3) is 5.56 Å². The lowest BCUT2D eigenvalue weighted by Crippen LogP contribution is -2.39. The summed E-state index contributed by atoms with van der Waals surface area (Å²) in [5, 5.41) is 4.41. The fourth-order valence-electron chi connectivity index (χ4n) is 4.24. The summed E-state index contributed by atoms with van der Waals surface area (Å²) in [6.07, 6.45) is 6.28.